The second-order valence-corrected chi connectivity index (χ2v) is 8.75. The van der Waals surface area contributed by atoms with Gasteiger partial charge in [0, 0.05) is 0 Å². The molecule has 1 aliphatic rings. The molecule has 2 heteroatoms. The van der Waals surface area contributed by atoms with E-state index in [0.29, 0.717) is 5.92 Å². The molecule has 0 bridgehead atoms. The highest BCUT2D eigenvalue weighted by atomic mass is 16.3. The SMILES string of the molecule is CCCC1CCCCC1CCC(O)CCCCCC(O)CC(C)C. The maximum atomic E-state index is 10.3. The molecule has 0 aromatic heterocycles. The van der Waals surface area contributed by atoms with Gasteiger partial charge in [0.1, 0.15) is 0 Å². The normalized spacial score (nSPS) is 24.2. The lowest BCUT2D eigenvalue weighted by atomic mass is 9.74. The third-order valence-corrected chi connectivity index (χ3v) is 5.91. The molecule has 0 aliphatic heterocycles. The first-order valence-electron chi connectivity index (χ1n) is 10.9. The summed E-state index contributed by atoms with van der Waals surface area (Å²) in [6.45, 7) is 6.63. The molecule has 1 saturated carbocycles. The molecule has 0 aromatic rings. The maximum Gasteiger partial charge on any atom is 0.0542 e. The van der Waals surface area contributed by atoms with Crippen LogP contribution in [-0.4, -0.2) is 22.4 Å². The van der Waals surface area contributed by atoms with Crippen molar-refractivity contribution in [2.75, 3.05) is 0 Å². The standard InChI is InChI=1S/C22H44O2/c1-4-10-19-11-8-9-12-20(19)15-16-21(23)13-6-5-7-14-22(24)17-18(2)3/h18-24H,4-17H2,1-3H3. The fourth-order valence-electron chi connectivity index (χ4n) is 4.56. The van der Waals surface area contributed by atoms with E-state index in [4.69, 9.17) is 0 Å². The minimum Gasteiger partial charge on any atom is -0.393 e. The van der Waals surface area contributed by atoms with E-state index < -0.39 is 0 Å². The molecule has 0 spiro atoms. The first kappa shape index (κ1) is 22.0. The molecule has 0 amide bonds. The van der Waals surface area contributed by atoms with E-state index in [1.54, 1.807) is 0 Å². The van der Waals surface area contributed by atoms with E-state index in [1.807, 2.05) is 0 Å². The summed E-state index contributed by atoms with van der Waals surface area (Å²) < 4.78 is 0. The number of aliphatic hydroxyl groups excluding tert-OH is 2. The number of unbranched alkanes of at least 4 members (excludes halogenated alkanes) is 2. The van der Waals surface area contributed by atoms with Gasteiger partial charge in [-0.2, -0.15) is 0 Å². The zero-order chi connectivity index (χ0) is 17.8. The van der Waals surface area contributed by atoms with Gasteiger partial charge in [0.15, 0.2) is 0 Å². The predicted octanol–water partition coefficient (Wildman–Crippen LogP) is 6.09. The van der Waals surface area contributed by atoms with Crippen LogP contribution in [0.15, 0.2) is 0 Å². The Morgan fingerprint density at radius 2 is 1.38 bits per heavy atom. The Kier molecular flexibility index (Phi) is 12.0. The molecule has 1 fully saturated rings. The van der Waals surface area contributed by atoms with E-state index in [9.17, 15) is 10.2 Å². The molecule has 4 atom stereocenters. The summed E-state index contributed by atoms with van der Waals surface area (Å²) in [5.41, 5.74) is 0. The van der Waals surface area contributed by atoms with Crippen LogP contribution in [0.5, 0.6) is 0 Å². The fourth-order valence-corrected chi connectivity index (χ4v) is 4.56. The van der Waals surface area contributed by atoms with E-state index in [-0.39, 0.29) is 12.2 Å². The Morgan fingerprint density at radius 3 is 1.96 bits per heavy atom. The molecule has 0 radical (unpaired) electrons. The van der Waals surface area contributed by atoms with Crippen molar-refractivity contribution in [3.8, 4) is 0 Å². The van der Waals surface area contributed by atoms with Gasteiger partial charge in [-0.15, -0.1) is 0 Å². The van der Waals surface area contributed by atoms with E-state index in [2.05, 4.69) is 20.8 Å². The number of hydrogen-bond donors (Lipinski definition) is 2. The van der Waals surface area contributed by atoms with E-state index in [0.717, 1.165) is 56.8 Å². The van der Waals surface area contributed by atoms with Crippen LogP contribution >= 0.6 is 0 Å². The van der Waals surface area contributed by atoms with Gasteiger partial charge in [0.25, 0.3) is 0 Å². The largest absolute Gasteiger partial charge is 0.393 e. The first-order valence-corrected chi connectivity index (χ1v) is 10.9. The van der Waals surface area contributed by atoms with Crippen molar-refractivity contribution < 1.29 is 10.2 Å². The molecule has 1 aliphatic carbocycles. The lowest BCUT2D eigenvalue weighted by molar-refractivity contribution is 0.120. The van der Waals surface area contributed by atoms with Crippen LogP contribution < -0.4 is 0 Å². The Labute approximate surface area is 151 Å². The van der Waals surface area contributed by atoms with Crippen LogP contribution in [0.1, 0.15) is 111 Å². The second kappa shape index (κ2) is 13.2. The molecular weight excluding hydrogens is 296 g/mol. The summed E-state index contributed by atoms with van der Waals surface area (Å²) in [7, 11) is 0. The van der Waals surface area contributed by atoms with Crippen molar-refractivity contribution >= 4 is 0 Å². The maximum absolute atomic E-state index is 10.3. The van der Waals surface area contributed by atoms with Gasteiger partial charge in [-0.3, -0.25) is 0 Å². The number of rotatable bonds is 13. The topological polar surface area (TPSA) is 40.5 Å². The highest BCUT2D eigenvalue weighted by molar-refractivity contribution is 4.76. The zero-order valence-corrected chi connectivity index (χ0v) is 16.7. The Balaban J connectivity index is 2.06. The van der Waals surface area contributed by atoms with Crippen molar-refractivity contribution in [3.63, 3.8) is 0 Å². The van der Waals surface area contributed by atoms with Crippen LogP contribution in [0, 0.1) is 17.8 Å². The van der Waals surface area contributed by atoms with Crippen LogP contribution in [0.4, 0.5) is 0 Å². The Morgan fingerprint density at radius 1 is 0.792 bits per heavy atom. The average Bonchev–Trinajstić information content (AvgIpc) is 2.53. The van der Waals surface area contributed by atoms with Crippen molar-refractivity contribution in [1.29, 1.82) is 0 Å². The Hall–Kier alpha value is -0.0800. The predicted molar refractivity (Wildman–Crippen MR) is 104 cm³/mol. The van der Waals surface area contributed by atoms with Gasteiger partial charge in [0.05, 0.1) is 12.2 Å². The van der Waals surface area contributed by atoms with Crippen molar-refractivity contribution in [2.45, 2.75) is 123 Å². The molecule has 144 valence electrons. The number of hydrogen-bond acceptors (Lipinski definition) is 2. The summed E-state index contributed by atoms with van der Waals surface area (Å²) in [5, 5.41) is 20.1. The minimum absolute atomic E-state index is 0.102. The molecule has 0 aromatic carbocycles. The lowest BCUT2D eigenvalue weighted by Crippen LogP contribution is -2.21. The van der Waals surface area contributed by atoms with E-state index >= 15 is 0 Å². The van der Waals surface area contributed by atoms with Crippen molar-refractivity contribution in [2.24, 2.45) is 17.8 Å². The second-order valence-electron chi connectivity index (χ2n) is 8.75. The molecule has 4 unspecified atom stereocenters. The first-order chi connectivity index (χ1) is 11.5. The molecule has 0 saturated heterocycles. The monoisotopic (exact) mass is 340 g/mol. The van der Waals surface area contributed by atoms with Gasteiger partial charge in [0.2, 0.25) is 0 Å². The van der Waals surface area contributed by atoms with E-state index in [1.165, 1.54) is 44.9 Å². The van der Waals surface area contributed by atoms with Gasteiger partial charge in [-0.25, -0.2) is 0 Å². The lowest BCUT2D eigenvalue weighted by Gasteiger charge is -2.32. The molecule has 1 rings (SSSR count). The summed E-state index contributed by atoms with van der Waals surface area (Å²) in [5.74, 6) is 2.39. The summed E-state index contributed by atoms with van der Waals surface area (Å²) >= 11 is 0. The van der Waals surface area contributed by atoms with Crippen molar-refractivity contribution in [1.82, 2.24) is 0 Å². The third kappa shape index (κ3) is 10.0. The van der Waals surface area contributed by atoms with Gasteiger partial charge >= 0.3 is 0 Å². The van der Waals surface area contributed by atoms with Crippen LogP contribution in [0.2, 0.25) is 0 Å². The molecule has 2 nitrogen and oxygen atoms in total. The van der Waals surface area contributed by atoms with Crippen LogP contribution in [-0.2, 0) is 0 Å². The summed E-state index contributed by atoms with van der Waals surface area (Å²) in [6, 6.07) is 0. The molecular formula is C22H44O2. The van der Waals surface area contributed by atoms with Crippen molar-refractivity contribution in [3.05, 3.63) is 0 Å². The summed E-state index contributed by atoms with van der Waals surface area (Å²) in [4.78, 5) is 0. The Bertz CT molecular complexity index is 288. The van der Waals surface area contributed by atoms with Gasteiger partial charge < -0.3 is 10.2 Å². The van der Waals surface area contributed by atoms with Gasteiger partial charge in [-0.1, -0.05) is 78.6 Å². The van der Waals surface area contributed by atoms with Crippen LogP contribution in [0.25, 0.3) is 0 Å². The number of aliphatic hydroxyl groups is 2. The fraction of sp³-hybridized carbons (Fsp3) is 1.00. The average molecular weight is 341 g/mol. The van der Waals surface area contributed by atoms with Gasteiger partial charge in [-0.05, 0) is 49.9 Å². The quantitative estimate of drug-likeness (QED) is 0.398. The van der Waals surface area contributed by atoms with Crippen LogP contribution in [0.3, 0.4) is 0 Å². The minimum atomic E-state index is -0.128. The molecule has 24 heavy (non-hydrogen) atoms. The highest BCUT2D eigenvalue weighted by Gasteiger charge is 2.24. The zero-order valence-electron chi connectivity index (χ0n) is 16.7. The summed E-state index contributed by atoms with van der Waals surface area (Å²) in [6.07, 6.45) is 16.5. The smallest absolute Gasteiger partial charge is 0.0542 e. The molecule has 0 heterocycles. The molecule has 2 N–H and O–H groups in total. The third-order valence-electron chi connectivity index (χ3n) is 5.91. The highest BCUT2D eigenvalue weighted by Crippen LogP contribution is 2.36.